The second-order valence-corrected chi connectivity index (χ2v) is 11.4. The predicted octanol–water partition coefficient (Wildman–Crippen LogP) is 5.78. The second-order valence-electron chi connectivity index (χ2n) is 5.83. The van der Waals surface area contributed by atoms with Crippen LogP contribution in [0, 0.1) is 0 Å². The zero-order valence-electron chi connectivity index (χ0n) is 12.1. The van der Waals surface area contributed by atoms with E-state index in [1.165, 1.54) is 62.2 Å². The molecule has 0 bridgehead atoms. The number of hydrogen-bond donors (Lipinski definition) is 0. The smallest absolute Gasteiger partial charge is 0.183 e. The van der Waals surface area contributed by atoms with Crippen LogP contribution in [-0.4, -0.2) is 19.4 Å². The molecular formula is C14H31IOSi. The molecule has 0 rings (SSSR count). The van der Waals surface area contributed by atoms with E-state index in [4.69, 9.17) is 4.43 Å². The minimum absolute atomic E-state index is 0.991. The van der Waals surface area contributed by atoms with Crippen molar-refractivity contribution in [3.05, 3.63) is 0 Å². The van der Waals surface area contributed by atoms with E-state index < -0.39 is 8.32 Å². The van der Waals surface area contributed by atoms with Crippen LogP contribution in [0.25, 0.3) is 0 Å². The number of alkyl halides is 1. The van der Waals surface area contributed by atoms with E-state index in [-0.39, 0.29) is 0 Å². The lowest BCUT2D eigenvalue weighted by Gasteiger charge is -2.16. The van der Waals surface area contributed by atoms with E-state index in [9.17, 15) is 0 Å². The Labute approximate surface area is 123 Å². The maximum atomic E-state index is 5.84. The molecule has 0 aliphatic rings. The quantitative estimate of drug-likeness (QED) is 0.183. The standard InChI is InChI=1S/C14H31IOSi/c1-17(2,3)16-14-12-10-8-6-4-5-7-9-11-13-15/h4-14H2,1-3H3. The van der Waals surface area contributed by atoms with Gasteiger partial charge in [0.15, 0.2) is 8.32 Å². The third-order valence-corrected chi connectivity index (χ3v) is 4.65. The van der Waals surface area contributed by atoms with Gasteiger partial charge in [-0.1, -0.05) is 67.5 Å². The van der Waals surface area contributed by atoms with Crippen molar-refractivity contribution < 1.29 is 4.43 Å². The highest BCUT2D eigenvalue weighted by atomic mass is 127. The fraction of sp³-hybridized carbons (Fsp3) is 1.00. The van der Waals surface area contributed by atoms with Crippen molar-refractivity contribution in [2.24, 2.45) is 0 Å². The van der Waals surface area contributed by atoms with Gasteiger partial charge in [-0.15, -0.1) is 0 Å². The van der Waals surface area contributed by atoms with Gasteiger partial charge in [0.2, 0.25) is 0 Å². The van der Waals surface area contributed by atoms with E-state index in [0.29, 0.717) is 0 Å². The molecule has 0 saturated carbocycles. The normalized spacial score (nSPS) is 12.0. The summed E-state index contributed by atoms with van der Waals surface area (Å²) in [6, 6.07) is 0. The summed E-state index contributed by atoms with van der Waals surface area (Å²) in [5, 5.41) is 0. The van der Waals surface area contributed by atoms with Crippen LogP contribution in [0.15, 0.2) is 0 Å². The van der Waals surface area contributed by atoms with Crippen LogP contribution < -0.4 is 0 Å². The molecular weight excluding hydrogens is 339 g/mol. The van der Waals surface area contributed by atoms with E-state index in [1.807, 2.05) is 0 Å². The molecule has 17 heavy (non-hydrogen) atoms. The van der Waals surface area contributed by atoms with Gasteiger partial charge in [0.05, 0.1) is 0 Å². The summed E-state index contributed by atoms with van der Waals surface area (Å²) in [6.45, 7) is 7.79. The van der Waals surface area contributed by atoms with E-state index in [1.54, 1.807) is 0 Å². The van der Waals surface area contributed by atoms with Gasteiger partial charge in [-0.2, -0.15) is 0 Å². The first-order chi connectivity index (χ1) is 8.06. The van der Waals surface area contributed by atoms with E-state index >= 15 is 0 Å². The summed E-state index contributed by atoms with van der Waals surface area (Å²) in [4.78, 5) is 0. The molecule has 1 nitrogen and oxygen atoms in total. The van der Waals surface area contributed by atoms with Gasteiger partial charge in [0.25, 0.3) is 0 Å². The fourth-order valence-corrected chi connectivity index (χ4v) is 3.11. The highest BCUT2D eigenvalue weighted by molar-refractivity contribution is 14.1. The van der Waals surface area contributed by atoms with Crippen LogP contribution >= 0.6 is 22.6 Å². The molecule has 0 aromatic heterocycles. The summed E-state index contributed by atoms with van der Waals surface area (Å²) in [5.41, 5.74) is 0. The van der Waals surface area contributed by atoms with Crippen LogP contribution in [0.1, 0.15) is 57.8 Å². The summed E-state index contributed by atoms with van der Waals surface area (Å²) in [7, 11) is -1.25. The van der Waals surface area contributed by atoms with Gasteiger partial charge in [-0.3, -0.25) is 0 Å². The van der Waals surface area contributed by atoms with Crippen molar-refractivity contribution in [1.29, 1.82) is 0 Å². The first-order valence-electron chi connectivity index (χ1n) is 7.26. The summed E-state index contributed by atoms with van der Waals surface area (Å²) >= 11 is 2.47. The largest absolute Gasteiger partial charge is 0.418 e. The van der Waals surface area contributed by atoms with Gasteiger partial charge in [-0.25, -0.2) is 0 Å². The molecule has 0 heterocycles. The maximum Gasteiger partial charge on any atom is 0.183 e. The summed E-state index contributed by atoms with van der Waals surface area (Å²) in [6.07, 6.45) is 12.6. The SMILES string of the molecule is C[Si](C)(C)OCCCCCCCCCCCI. The molecule has 3 heteroatoms. The Morgan fingerprint density at radius 3 is 1.53 bits per heavy atom. The molecule has 0 saturated heterocycles. The first-order valence-corrected chi connectivity index (χ1v) is 12.2. The van der Waals surface area contributed by atoms with Crippen molar-refractivity contribution in [2.45, 2.75) is 77.4 Å². The molecule has 0 aliphatic carbocycles. The monoisotopic (exact) mass is 370 g/mol. The number of halogens is 1. The minimum atomic E-state index is -1.25. The molecule has 0 spiro atoms. The van der Waals surface area contributed by atoms with Crippen molar-refractivity contribution in [3.8, 4) is 0 Å². The number of hydrogen-bond acceptors (Lipinski definition) is 1. The topological polar surface area (TPSA) is 9.23 Å². The van der Waals surface area contributed by atoms with Crippen LogP contribution in [0.2, 0.25) is 19.6 Å². The van der Waals surface area contributed by atoms with Crippen LogP contribution in [0.5, 0.6) is 0 Å². The van der Waals surface area contributed by atoms with Crippen molar-refractivity contribution in [3.63, 3.8) is 0 Å². The third kappa shape index (κ3) is 16.9. The van der Waals surface area contributed by atoms with Crippen LogP contribution in [0.4, 0.5) is 0 Å². The van der Waals surface area contributed by atoms with Gasteiger partial charge in [0, 0.05) is 6.61 Å². The highest BCUT2D eigenvalue weighted by Gasteiger charge is 2.12. The lowest BCUT2D eigenvalue weighted by atomic mass is 10.1. The van der Waals surface area contributed by atoms with Crippen LogP contribution in [-0.2, 0) is 4.43 Å². The molecule has 0 atom stereocenters. The zero-order chi connectivity index (χ0) is 13.0. The molecule has 0 aromatic carbocycles. The number of unbranched alkanes of at least 4 members (excludes halogenated alkanes) is 8. The summed E-state index contributed by atoms with van der Waals surface area (Å²) < 4.78 is 7.17. The summed E-state index contributed by atoms with van der Waals surface area (Å²) in [5.74, 6) is 0. The molecule has 0 amide bonds. The Morgan fingerprint density at radius 2 is 1.12 bits per heavy atom. The fourth-order valence-electron chi connectivity index (χ4n) is 1.81. The molecule has 104 valence electrons. The lowest BCUT2D eigenvalue weighted by molar-refractivity contribution is 0.298. The Morgan fingerprint density at radius 1 is 0.706 bits per heavy atom. The average molecular weight is 370 g/mol. The van der Waals surface area contributed by atoms with Gasteiger partial charge in [0.1, 0.15) is 0 Å². The highest BCUT2D eigenvalue weighted by Crippen LogP contribution is 2.11. The van der Waals surface area contributed by atoms with E-state index in [0.717, 1.165) is 6.61 Å². The van der Waals surface area contributed by atoms with Crippen LogP contribution in [0.3, 0.4) is 0 Å². The number of rotatable bonds is 12. The Kier molecular flexibility index (Phi) is 12.6. The minimum Gasteiger partial charge on any atom is -0.418 e. The second kappa shape index (κ2) is 12.0. The molecule has 0 radical (unpaired) electrons. The molecule has 0 aliphatic heterocycles. The average Bonchev–Trinajstić information content (AvgIpc) is 2.24. The van der Waals surface area contributed by atoms with Crippen molar-refractivity contribution >= 4 is 30.9 Å². The lowest BCUT2D eigenvalue weighted by Crippen LogP contribution is -2.25. The first kappa shape index (κ1) is 17.9. The molecule has 0 fully saturated rings. The predicted molar refractivity (Wildman–Crippen MR) is 89.7 cm³/mol. The third-order valence-electron chi connectivity index (χ3n) is 2.81. The molecule has 0 aromatic rings. The Balaban J connectivity index is 2.99. The van der Waals surface area contributed by atoms with Gasteiger partial charge < -0.3 is 4.43 Å². The van der Waals surface area contributed by atoms with Gasteiger partial charge in [-0.05, 0) is 36.9 Å². The Bertz CT molecular complexity index is 157. The molecule has 0 unspecified atom stereocenters. The maximum absolute atomic E-state index is 5.84. The van der Waals surface area contributed by atoms with Crippen molar-refractivity contribution in [2.75, 3.05) is 11.0 Å². The zero-order valence-corrected chi connectivity index (χ0v) is 15.2. The van der Waals surface area contributed by atoms with Gasteiger partial charge >= 0.3 is 0 Å². The molecule has 0 N–H and O–H groups in total. The van der Waals surface area contributed by atoms with E-state index in [2.05, 4.69) is 42.2 Å². The Hall–Kier alpha value is 0.907. The van der Waals surface area contributed by atoms with Crippen molar-refractivity contribution in [1.82, 2.24) is 0 Å².